The Kier molecular flexibility index (Phi) is 7.37. The van der Waals surface area contributed by atoms with Crippen molar-refractivity contribution in [3.05, 3.63) is 70.3 Å². The molecule has 1 saturated heterocycles. The fourth-order valence-corrected chi connectivity index (χ4v) is 9.34. The first-order valence-corrected chi connectivity index (χ1v) is 16.3. The molecule has 8 nitrogen and oxygen atoms in total. The van der Waals surface area contributed by atoms with Gasteiger partial charge in [-0.25, -0.2) is 0 Å². The Labute approximate surface area is 260 Å². The number of halogens is 1. The van der Waals surface area contributed by atoms with E-state index in [9.17, 15) is 19.5 Å². The number of rotatable bonds is 8. The van der Waals surface area contributed by atoms with Crippen LogP contribution in [-0.4, -0.2) is 69.4 Å². The number of aliphatic hydroxyl groups is 1. The number of fused-ring (bicyclic) bond motifs is 1. The number of carbonyl (C=O) groups is 3. The number of hydrogen-bond acceptors (Lipinski definition) is 4. The van der Waals surface area contributed by atoms with Crippen LogP contribution in [0.15, 0.2) is 59.2 Å². The second kappa shape index (κ2) is 11.1. The maximum Gasteiger partial charge on any atom is 0.245 e. The molecule has 4 unspecified atom stereocenters. The van der Waals surface area contributed by atoms with E-state index in [1.165, 1.54) is 6.42 Å². The maximum atomic E-state index is 14.2. The first-order valence-electron chi connectivity index (χ1n) is 15.5. The zero-order valence-corrected chi connectivity index (χ0v) is 26.1. The van der Waals surface area contributed by atoms with Crippen LogP contribution < -0.4 is 5.32 Å². The summed E-state index contributed by atoms with van der Waals surface area (Å²) in [6.45, 7) is 0.545. The maximum absolute atomic E-state index is 14.2. The Balaban J connectivity index is 1.14. The Morgan fingerprint density at radius 2 is 1.77 bits per heavy atom. The molecule has 3 aromatic rings. The number of para-hydroxylation sites is 1. The van der Waals surface area contributed by atoms with Crippen LogP contribution in [0.5, 0.6) is 0 Å². The van der Waals surface area contributed by atoms with Crippen molar-refractivity contribution in [1.29, 1.82) is 0 Å². The van der Waals surface area contributed by atoms with Gasteiger partial charge in [-0.1, -0.05) is 52.3 Å². The van der Waals surface area contributed by atoms with Crippen LogP contribution >= 0.6 is 15.9 Å². The molecular formula is C34H39BrN4O4. The van der Waals surface area contributed by atoms with Crippen LogP contribution in [0.2, 0.25) is 0 Å². The van der Waals surface area contributed by atoms with Gasteiger partial charge in [-0.3, -0.25) is 14.4 Å². The number of likely N-dealkylation sites (N-methyl/N-ethyl adjacent to an activating group) is 1. The monoisotopic (exact) mass is 646 g/mol. The lowest BCUT2D eigenvalue weighted by Gasteiger charge is -2.37. The summed E-state index contributed by atoms with van der Waals surface area (Å²) in [6, 6.07) is 14.0. The predicted molar refractivity (Wildman–Crippen MR) is 167 cm³/mol. The van der Waals surface area contributed by atoms with Crippen LogP contribution in [0.3, 0.4) is 0 Å². The van der Waals surface area contributed by atoms with Gasteiger partial charge in [0.2, 0.25) is 17.7 Å². The molecule has 2 aromatic carbocycles. The molecule has 3 amide bonds. The molecule has 0 radical (unpaired) electrons. The number of amides is 3. The second-order valence-electron chi connectivity index (χ2n) is 13.5. The van der Waals surface area contributed by atoms with Crippen molar-refractivity contribution in [2.75, 3.05) is 13.6 Å². The van der Waals surface area contributed by atoms with Crippen molar-refractivity contribution >= 4 is 44.6 Å². The molecule has 4 aliphatic carbocycles. The number of nitrogens with zero attached hydrogens (tertiary/aromatic N) is 2. The third kappa shape index (κ3) is 5.08. The third-order valence-electron chi connectivity index (χ3n) is 10.7. The van der Waals surface area contributed by atoms with Gasteiger partial charge in [0.25, 0.3) is 0 Å². The summed E-state index contributed by atoms with van der Waals surface area (Å²) >= 11 is 3.58. The Morgan fingerprint density at radius 1 is 1.05 bits per heavy atom. The minimum atomic E-state index is -0.842. The second-order valence-corrected chi connectivity index (χ2v) is 14.3. The van der Waals surface area contributed by atoms with E-state index < -0.39 is 18.2 Å². The number of aromatic nitrogens is 1. The number of likely N-dealkylation sites (tertiary alicyclic amines) is 1. The predicted octanol–water partition coefficient (Wildman–Crippen LogP) is 4.40. The van der Waals surface area contributed by atoms with Crippen LogP contribution in [0.4, 0.5) is 0 Å². The highest BCUT2D eigenvalue weighted by Gasteiger charge is 2.63. The highest BCUT2D eigenvalue weighted by Crippen LogP contribution is 2.66. The van der Waals surface area contributed by atoms with Crippen LogP contribution in [-0.2, 0) is 27.3 Å². The molecule has 5 fully saturated rings. The molecule has 4 saturated carbocycles. The van der Waals surface area contributed by atoms with Crippen LogP contribution in [0.1, 0.15) is 49.7 Å². The first-order chi connectivity index (χ1) is 20.7. The molecule has 5 atom stereocenters. The number of β-amino-alcohol motifs (C(OH)–C–C–N with tert-alkyl or cyclic N) is 1. The molecule has 5 aliphatic rings. The molecule has 2 heterocycles. The number of nitrogens with one attached hydrogen (secondary N) is 2. The summed E-state index contributed by atoms with van der Waals surface area (Å²) in [6.07, 6.45) is 6.90. The molecule has 226 valence electrons. The molecular weight excluding hydrogens is 608 g/mol. The average Bonchev–Trinajstić information content (AvgIpc) is 3.72. The highest BCUT2D eigenvalue weighted by molar-refractivity contribution is 9.10. The standard InChI is InChI=1S/C34H39BrN4O4/c1-38(18-22-6-2-4-8-27(22)35)32(42)29(13-23-17-36-28-9-5-3-7-26(23)28)37-31(41)30-14-25(40)19-39(30)33(43)34-15-20-10-21(16-34)12-24(34)11-20/h2-9,17,20-21,24-25,29-30,36,40H,10-16,18-19H2,1H3,(H,37,41)/t20?,21?,24?,25-,29?,30?,34?/m1/s1. The Morgan fingerprint density at radius 3 is 2.53 bits per heavy atom. The fraction of sp³-hybridized carbons (Fsp3) is 0.500. The average molecular weight is 648 g/mol. The number of benzene rings is 2. The zero-order chi connectivity index (χ0) is 29.9. The van der Waals surface area contributed by atoms with Gasteiger partial charge in [-0.2, -0.15) is 0 Å². The van der Waals surface area contributed by atoms with Crippen molar-refractivity contribution in [1.82, 2.24) is 20.1 Å². The number of hydrogen-bond donors (Lipinski definition) is 3. The van der Waals surface area contributed by atoms with Gasteiger partial charge in [0, 0.05) is 54.6 Å². The van der Waals surface area contributed by atoms with E-state index in [2.05, 4.69) is 26.2 Å². The van der Waals surface area contributed by atoms with Crippen LogP contribution in [0.25, 0.3) is 10.9 Å². The minimum absolute atomic E-state index is 0.0458. The summed E-state index contributed by atoms with van der Waals surface area (Å²) in [7, 11) is 1.75. The van der Waals surface area contributed by atoms with E-state index in [4.69, 9.17) is 0 Å². The van der Waals surface area contributed by atoms with Crippen molar-refractivity contribution in [2.45, 2.75) is 69.7 Å². The normalized spacial score (nSPS) is 29.7. The van der Waals surface area contributed by atoms with Gasteiger partial charge in [0.15, 0.2) is 0 Å². The molecule has 43 heavy (non-hydrogen) atoms. The molecule has 3 N–H and O–H groups in total. The number of aliphatic hydroxyl groups excluding tert-OH is 1. The summed E-state index contributed by atoms with van der Waals surface area (Å²) in [5.74, 6) is 1.08. The minimum Gasteiger partial charge on any atom is -0.391 e. The number of H-pyrrole nitrogens is 1. The number of carbonyl (C=O) groups excluding carboxylic acids is 3. The molecule has 9 heteroatoms. The summed E-state index contributed by atoms with van der Waals surface area (Å²) in [4.78, 5) is 48.8. The largest absolute Gasteiger partial charge is 0.391 e. The van der Waals surface area contributed by atoms with Crippen molar-refractivity contribution in [3.8, 4) is 0 Å². The van der Waals surface area contributed by atoms with Crippen molar-refractivity contribution in [3.63, 3.8) is 0 Å². The Hall–Kier alpha value is -3.17. The topological polar surface area (TPSA) is 106 Å². The van der Waals surface area contributed by atoms with E-state index in [1.54, 1.807) is 16.8 Å². The lowest BCUT2D eigenvalue weighted by atomic mass is 9.74. The van der Waals surface area contributed by atoms with Gasteiger partial charge in [-0.05, 0) is 73.1 Å². The molecule has 8 rings (SSSR count). The number of aromatic amines is 1. The summed E-state index contributed by atoms with van der Waals surface area (Å²) in [5, 5.41) is 14.8. The SMILES string of the molecule is CN(Cc1ccccc1Br)C(=O)C(Cc1c[nH]c2ccccc12)NC(=O)C1C[C@@H](O)CN1C(=O)C12CC3CC(CC1C3)C2. The lowest BCUT2D eigenvalue weighted by molar-refractivity contribution is -0.149. The van der Waals surface area contributed by atoms with E-state index in [1.807, 2.05) is 54.7 Å². The van der Waals surface area contributed by atoms with Gasteiger partial charge >= 0.3 is 0 Å². The van der Waals surface area contributed by atoms with Crippen LogP contribution in [0, 0.1) is 23.2 Å². The third-order valence-corrected chi connectivity index (χ3v) is 11.5. The van der Waals surface area contributed by atoms with Gasteiger partial charge < -0.3 is 25.2 Å². The van der Waals surface area contributed by atoms with E-state index in [-0.39, 0.29) is 36.1 Å². The highest BCUT2D eigenvalue weighted by atomic mass is 79.9. The van der Waals surface area contributed by atoms with Gasteiger partial charge in [0.05, 0.1) is 11.5 Å². The van der Waals surface area contributed by atoms with Gasteiger partial charge in [-0.15, -0.1) is 0 Å². The molecule has 0 spiro atoms. The zero-order valence-electron chi connectivity index (χ0n) is 24.5. The summed E-state index contributed by atoms with van der Waals surface area (Å²) in [5.41, 5.74) is 2.48. The van der Waals surface area contributed by atoms with E-state index in [0.29, 0.717) is 30.7 Å². The van der Waals surface area contributed by atoms with E-state index in [0.717, 1.165) is 52.2 Å². The fourth-order valence-electron chi connectivity index (χ4n) is 8.93. The van der Waals surface area contributed by atoms with Crippen molar-refractivity contribution in [2.24, 2.45) is 23.2 Å². The smallest absolute Gasteiger partial charge is 0.245 e. The molecule has 1 aliphatic heterocycles. The Bertz CT molecular complexity index is 1560. The summed E-state index contributed by atoms with van der Waals surface area (Å²) < 4.78 is 0.912. The molecule has 4 bridgehead atoms. The first kappa shape index (κ1) is 28.6. The van der Waals surface area contributed by atoms with Crippen molar-refractivity contribution < 1.29 is 19.5 Å². The quantitative estimate of drug-likeness (QED) is 0.337. The molecule has 1 aromatic heterocycles. The lowest BCUT2D eigenvalue weighted by Crippen LogP contribution is -2.56. The van der Waals surface area contributed by atoms with Gasteiger partial charge in [0.1, 0.15) is 12.1 Å². The van der Waals surface area contributed by atoms with E-state index >= 15 is 0 Å².